The number of rotatable bonds is 2. The van der Waals surface area contributed by atoms with Crippen molar-refractivity contribution in [2.24, 2.45) is 0 Å². The van der Waals surface area contributed by atoms with Gasteiger partial charge in [-0.1, -0.05) is 12.8 Å². The molecule has 2 rings (SSSR count). The molecule has 0 aromatic carbocycles. The van der Waals surface area contributed by atoms with E-state index in [1.807, 2.05) is 0 Å². The Balaban J connectivity index is 1.75. The normalized spacial score (nSPS) is 22.2. The average Bonchev–Trinajstić information content (AvgIpc) is 2.92. The minimum Gasteiger partial charge on any atom is -0.322 e. The van der Waals surface area contributed by atoms with Crippen molar-refractivity contribution in [1.82, 2.24) is 15.1 Å². The Morgan fingerprint density at radius 1 is 1.11 bits per heavy atom. The van der Waals surface area contributed by atoms with E-state index in [2.05, 4.69) is 10.2 Å². The average molecular weight is 274 g/mol. The summed E-state index contributed by atoms with van der Waals surface area (Å²) in [6, 6.07) is 0.395. The van der Waals surface area contributed by atoms with E-state index < -0.39 is 5.91 Å². The molecule has 1 saturated heterocycles. The summed E-state index contributed by atoms with van der Waals surface area (Å²) < 4.78 is 0. The number of nitrogens with zero attached hydrogens (tertiary/aromatic N) is 2. The lowest BCUT2D eigenvalue weighted by molar-refractivity contribution is -0.117. The van der Waals surface area contributed by atoms with E-state index in [0.717, 1.165) is 13.1 Å². The maximum atomic E-state index is 11.7. The second-order valence-corrected chi connectivity index (χ2v) is 5.22. The van der Waals surface area contributed by atoms with Crippen molar-refractivity contribution in [3.8, 4) is 0 Å². The fraction of sp³-hybridized carbons (Fsp3) is 0.833. The van der Waals surface area contributed by atoms with Crippen LogP contribution >= 0.6 is 11.6 Å². The highest BCUT2D eigenvalue weighted by atomic mass is 35.5. The van der Waals surface area contributed by atoms with Crippen molar-refractivity contribution in [2.45, 2.75) is 31.7 Å². The molecule has 2 fully saturated rings. The van der Waals surface area contributed by atoms with E-state index in [1.165, 1.54) is 25.7 Å². The van der Waals surface area contributed by atoms with Gasteiger partial charge >= 0.3 is 6.03 Å². The minimum absolute atomic E-state index is 0.173. The van der Waals surface area contributed by atoms with Gasteiger partial charge in [-0.3, -0.25) is 15.0 Å². The molecular formula is C12H20ClN3O2. The van der Waals surface area contributed by atoms with Crippen LogP contribution in [-0.4, -0.2) is 59.8 Å². The number of alkyl halides is 1. The number of hydrogen-bond acceptors (Lipinski definition) is 3. The smallest absolute Gasteiger partial charge is 0.322 e. The van der Waals surface area contributed by atoms with Gasteiger partial charge in [0.15, 0.2) is 0 Å². The summed E-state index contributed by atoms with van der Waals surface area (Å²) in [6.07, 6.45) is 5.24. The van der Waals surface area contributed by atoms with Crippen LogP contribution in [0.4, 0.5) is 4.79 Å². The van der Waals surface area contributed by atoms with Crippen molar-refractivity contribution in [2.75, 3.05) is 32.1 Å². The number of carbonyl (C=O) groups is 2. The van der Waals surface area contributed by atoms with E-state index in [-0.39, 0.29) is 11.9 Å². The zero-order chi connectivity index (χ0) is 13.0. The van der Waals surface area contributed by atoms with Gasteiger partial charge in [0.05, 0.1) is 0 Å². The lowest BCUT2D eigenvalue weighted by Gasteiger charge is -2.37. The van der Waals surface area contributed by atoms with Crippen LogP contribution in [0.5, 0.6) is 0 Å². The molecule has 1 aliphatic heterocycles. The van der Waals surface area contributed by atoms with Gasteiger partial charge in [-0.2, -0.15) is 0 Å². The Kier molecular flexibility index (Phi) is 4.83. The van der Waals surface area contributed by atoms with Crippen molar-refractivity contribution < 1.29 is 9.59 Å². The highest BCUT2D eigenvalue weighted by molar-refractivity contribution is 6.28. The molecule has 6 heteroatoms. The summed E-state index contributed by atoms with van der Waals surface area (Å²) in [5.41, 5.74) is 0. The Bertz CT molecular complexity index is 310. The zero-order valence-electron chi connectivity index (χ0n) is 10.5. The molecule has 0 aromatic heterocycles. The van der Waals surface area contributed by atoms with Crippen LogP contribution in [-0.2, 0) is 4.79 Å². The van der Waals surface area contributed by atoms with Gasteiger partial charge in [-0.15, -0.1) is 11.6 Å². The number of piperazine rings is 1. The molecule has 1 aliphatic carbocycles. The van der Waals surface area contributed by atoms with Crippen LogP contribution in [0.1, 0.15) is 25.7 Å². The highest BCUT2D eigenvalue weighted by Crippen LogP contribution is 2.24. The predicted molar refractivity (Wildman–Crippen MR) is 69.7 cm³/mol. The molecule has 0 spiro atoms. The Hall–Kier alpha value is -0.810. The van der Waals surface area contributed by atoms with Crippen molar-refractivity contribution >= 4 is 23.5 Å². The predicted octanol–water partition coefficient (Wildman–Crippen LogP) is 1.02. The van der Waals surface area contributed by atoms with Gasteiger partial charge < -0.3 is 4.90 Å². The summed E-state index contributed by atoms with van der Waals surface area (Å²) in [6.45, 7) is 3.20. The topological polar surface area (TPSA) is 52.7 Å². The second kappa shape index (κ2) is 6.38. The lowest BCUT2D eigenvalue weighted by atomic mass is 10.2. The second-order valence-electron chi connectivity index (χ2n) is 4.95. The largest absolute Gasteiger partial charge is 0.324 e. The maximum Gasteiger partial charge on any atom is 0.324 e. The van der Waals surface area contributed by atoms with Crippen LogP contribution in [0.15, 0.2) is 0 Å². The molecule has 0 radical (unpaired) electrons. The molecule has 102 valence electrons. The summed E-state index contributed by atoms with van der Waals surface area (Å²) >= 11 is 5.35. The standard InChI is InChI=1S/C12H20ClN3O2/c13-9-11(17)14-12(18)16-7-5-15(6-8-16)10-3-1-2-4-10/h10H,1-9H2,(H,14,17,18). The number of carbonyl (C=O) groups excluding carboxylic acids is 2. The molecule has 0 unspecified atom stereocenters. The number of halogens is 1. The quantitative estimate of drug-likeness (QED) is 0.765. The molecule has 1 saturated carbocycles. The SMILES string of the molecule is O=C(CCl)NC(=O)N1CCN(C2CCCC2)CC1. The van der Waals surface area contributed by atoms with Crippen LogP contribution in [0, 0.1) is 0 Å². The zero-order valence-corrected chi connectivity index (χ0v) is 11.3. The number of imide groups is 1. The molecule has 0 bridgehead atoms. The number of nitrogens with one attached hydrogen (secondary N) is 1. The molecule has 18 heavy (non-hydrogen) atoms. The summed E-state index contributed by atoms with van der Waals surface area (Å²) in [5.74, 6) is -0.603. The van der Waals surface area contributed by atoms with Crippen LogP contribution in [0.3, 0.4) is 0 Å². The van der Waals surface area contributed by atoms with Crippen molar-refractivity contribution in [1.29, 1.82) is 0 Å². The Morgan fingerprint density at radius 2 is 1.72 bits per heavy atom. The van der Waals surface area contributed by atoms with Crippen LogP contribution in [0.2, 0.25) is 0 Å². The molecule has 0 aromatic rings. The summed E-state index contributed by atoms with van der Waals surface area (Å²) in [4.78, 5) is 26.9. The Labute approximate surface area is 112 Å². The third kappa shape index (κ3) is 3.36. The van der Waals surface area contributed by atoms with Crippen molar-refractivity contribution in [3.05, 3.63) is 0 Å². The van der Waals surface area contributed by atoms with E-state index in [4.69, 9.17) is 11.6 Å². The summed E-state index contributed by atoms with van der Waals surface area (Å²) in [7, 11) is 0. The lowest BCUT2D eigenvalue weighted by Crippen LogP contribution is -2.54. The first-order valence-electron chi connectivity index (χ1n) is 6.59. The molecule has 0 atom stereocenters. The van der Waals surface area contributed by atoms with Crippen LogP contribution in [0.25, 0.3) is 0 Å². The number of amides is 3. The van der Waals surface area contributed by atoms with Gasteiger partial charge in [0.1, 0.15) is 5.88 Å². The van der Waals surface area contributed by atoms with E-state index in [0.29, 0.717) is 19.1 Å². The van der Waals surface area contributed by atoms with E-state index in [1.54, 1.807) is 4.90 Å². The molecule has 1 N–H and O–H groups in total. The minimum atomic E-state index is -0.431. The van der Waals surface area contributed by atoms with Crippen LogP contribution < -0.4 is 5.32 Å². The summed E-state index contributed by atoms with van der Waals surface area (Å²) in [5, 5.41) is 2.28. The number of hydrogen-bond donors (Lipinski definition) is 1. The third-order valence-corrected chi connectivity index (χ3v) is 4.05. The van der Waals surface area contributed by atoms with Gasteiger partial charge in [-0.25, -0.2) is 4.79 Å². The maximum absolute atomic E-state index is 11.7. The van der Waals surface area contributed by atoms with E-state index in [9.17, 15) is 9.59 Å². The first-order valence-corrected chi connectivity index (χ1v) is 7.13. The first-order chi connectivity index (χ1) is 8.70. The Morgan fingerprint density at radius 3 is 2.28 bits per heavy atom. The van der Waals surface area contributed by atoms with Gasteiger partial charge in [0.25, 0.3) is 0 Å². The van der Waals surface area contributed by atoms with Crippen molar-refractivity contribution in [3.63, 3.8) is 0 Å². The fourth-order valence-corrected chi connectivity index (χ4v) is 2.86. The first kappa shape index (κ1) is 13.6. The molecule has 1 heterocycles. The highest BCUT2D eigenvalue weighted by Gasteiger charge is 2.28. The molecular weight excluding hydrogens is 254 g/mol. The monoisotopic (exact) mass is 273 g/mol. The van der Waals surface area contributed by atoms with Gasteiger partial charge in [0.2, 0.25) is 5.91 Å². The number of urea groups is 1. The molecule has 3 amide bonds. The van der Waals surface area contributed by atoms with Gasteiger partial charge in [-0.05, 0) is 12.8 Å². The van der Waals surface area contributed by atoms with Gasteiger partial charge in [0, 0.05) is 32.2 Å². The van der Waals surface area contributed by atoms with E-state index >= 15 is 0 Å². The fourth-order valence-electron chi connectivity index (χ4n) is 2.79. The molecule has 5 nitrogen and oxygen atoms in total. The molecule has 2 aliphatic rings. The third-order valence-electron chi connectivity index (χ3n) is 3.81.